The molecule has 0 amide bonds. The van der Waals surface area contributed by atoms with Gasteiger partial charge in [-0.1, -0.05) is 6.58 Å². The maximum Gasteiger partial charge on any atom is 0.346 e. The van der Waals surface area contributed by atoms with Crippen LogP contribution in [-0.4, -0.2) is 17.7 Å². The van der Waals surface area contributed by atoms with Crippen molar-refractivity contribution < 1.29 is 14.6 Å². The summed E-state index contributed by atoms with van der Waals surface area (Å²) >= 11 is 1.17. The minimum Gasteiger partial charge on any atom is -0.494 e. The molecule has 3 nitrogen and oxygen atoms in total. The number of hydrogen-bond acceptors (Lipinski definition) is 3. The Hall–Kier alpha value is -1.29. The lowest BCUT2D eigenvalue weighted by molar-refractivity contribution is 0.0701. The molecule has 1 rings (SSSR count). The number of carboxylic acid groups (broad SMARTS) is 1. The van der Waals surface area contributed by atoms with Gasteiger partial charge < -0.3 is 9.84 Å². The molecule has 0 bridgehead atoms. The number of hydrogen-bond donors (Lipinski definition) is 1. The fourth-order valence-corrected chi connectivity index (χ4v) is 1.70. The van der Waals surface area contributed by atoms with Crippen molar-refractivity contribution in [1.82, 2.24) is 0 Å². The van der Waals surface area contributed by atoms with Crippen LogP contribution < -0.4 is 0 Å². The molecule has 1 aromatic rings. The summed E-state index contributed by atoms with van der Waals surface area (Å²) in [5.74, 6) is -0.521. The first-order chi connectivity index (χ1) is 6.16. The normalized spacial score (nSPS) is 9.62. The lowest BCUT2D eigenvalue weighted by Crippen LogP contribution is -1.98. The van der Waals surface area contributed by atoms with Crippen molar-refractivity contribution in [2.24, 2.45) is 0 Å². The molecule has 0 spiro atoms. The Morgan fingerprint density at radius 2 is 2.46 bits per heavy atom. The smallest absolute Gasteiger partial charge is 0.346 e. The third-order valence-corrected chi connectivity index (χ3v) is 2.38. The zero-order valence-electron chi connectivity index (χ0n) is 7.24. The standard InChI is InChI=1S/C9H10O3S/c1-3-12-6(2)7-4-5-13-8(7)9(10)11/h4-5H,2-3H2,1H3,(H,10,11). The summed E-state index contributed by atoms with van der Waals surface area (Å²) in [5, 5.41) is 10.5. The predicted octanol–water partition coefficient (Wildman–Crippen LogP) is 2.45. The van der Waals surface area contributed by atoms with Crippen LogP contribution in [0.4, 0.5) is 0 Å². The predicted molar refractivity (Wildman–Crippen MR) is 51.9 cm³/mol. The van der Waals surface area contributed by atoms with Crippen molar-refractivity contribution in [2.45, 2.75) is 6.92 Å². The van der Waals surface area contributed by atoms with Gasteiger partial charge in [-0.25, -0.2) is 4.79 Å². The molecule has 4 heteroatoms. The molecule has 0 saturated heterocycles. The van der Waals surface area contributed by atoms with Gasteiger partial charge in [0.15, 0.2) is 0 Å². The van der Waals surface area contributed by atoms with Gasteiger partial charge in [0.05, 0.1) is 6.61 Å². The quantitative estimate of drug-likeness (QED) is 0.756. The van der Waals surface area contributed by atoms with Gasteiger partial charge in [0.2, 0.25) is 0 Å². The van der Waals surface area contributed by atoms with E-state index < -0.39 is 5.97 Å². The fraction of sp³-hybridized carbons (Fsp3) is 0.222. The molecule has 1 N–H and O–H groups in total. The molecule has 0 aliphatic rings. The molecule has 0 aromatic carbocycles. The molecule has 0 saturated carbocycles. The molecular formula is C9H10O3S. The molecule has 1 aromatic heterocycles. The van der Waals surface area contributed by atoms with Crippen LogP contribution in [-0.2, 0) is 4.74 Å². The van der Waals surface area contributed by atoms with Gasteiger partial charge >= 0.3 is 5.97 Å². The molecule has 0 aliphatic heterocycles. The molecule has 0 aliphatic carbocycles. The number of rotatable bonds is 4. The molecule has 70 valence electrons. The van der Waals surface area contributed by atoms with Crippen molar-refractivity contribution in [2.75, 3.05) is 6.61 Å². The van der Waals surface area contributed by atoms with Crippen LogP contribution in [0, 0.1) is 0 Å². The second-order valence-electron chi connectivity index (χ2n) is 2.32. The second kappa shape index (κ2) is 4.09. The van der Waals surface area contributed by atoms with Crippen LogP contribution in [0.1, 0.15) is 22.2 Å². The summed E-state index contributed by atoms with van der Waals surface area (Å²) in [6, 6.07) is 1.70. The molecule has 0 unspecified atom stereocenters. The number of ether oxygens (including phenoxy) is 1. The minimum absolute atomic E-state index is 0.276. The van der Waals surface area contributed by atoms with E-state index in [1.165, 1.54) is 11.3 Å². The van der Waals surface area contributed by atoms with Crippen molar-refractivity contribution in [3.8, 4) is 0 Å². The van der Waals surface area contributed by atoms with E-state index in [4.69, 9.17) is 9.84 Å². The van der Waals surface area contributed by atoms with E-state index in [9.17, 15) is 4.79 Å². The lowest BCUT2D eigenvalue weighted by Gasteiger charge is -2.05. The summed E-state index contributed by atoms with van der Waals surface area (Å²) in [6.07, 6.45) is 0. The number of thiophene rings is 1. The van der Waals surface area contributed by atoms with E-state index in [0.29, 0.717) is 17.9 Å². The van der Waals surface area contributed by atoms with Crippen LogP contribution in [0.2, 0.25) is 0 Å². The zero-order chi connectivity index (χ0) is 9.84. The van der Waals surface area contributed by atoms with Crippen LogP contribution in [0.3, 0.4) is 0 Å². The summed E-state index contributed by atoms with van der Waals surface area (Å²) in [6.45, 7) is 5.98. The van der Waals surface area contributed by atoms with Gasteiger partial charge in [0.1, 0.15) is 10.6 Å². The first-order valence-corrected chi connectivity index (χ1v) is 4.67. The maximum absolute atomic E-state index is 10.7. The highest BCUT2D eigenvalue weighted by atomic mass is 32.1. The first-order valence-electron chi connectivity index (χ1n) is 3.79. The van der Waals surface area contributed by atoms with Crippen LogP contribution >= 0.6 is 11.3 Å². The van der Waals surface area contributed by atoms with Crippen molar-refractivity contribution in [3.63, 3.8) is 0 Å². The Morgan fingerprint density at radius 3 is 3.00 bits per heavy atom. The number of carbonyl (C=O) groups is 1. The third kappa shape index (κ3) is 2.09. The summed E-state index contributed by atoms with van der Waals surface area (Å²) < 4.78 is 5.13. The summed E-state index contributed by atoms with van der Waals surface area (Å²) in [5.41, 5.74) is 0.569. The van der Waals surface area contributed by atoms with Crippen molar-refractivity contribution >= 4 is 23.1 Å². The van der Waals surface area contributed by atoms with Crippen LogP contribution in [0.25, 0.3) is 5.76 Å². The average molecular weight is 198 g/mol. The van der Waals surface area contributed by atoms with E-state index >= 15 is 0 Å². The third-order valence-electron chi connectivity index (χ3n) is 1.48. The topological polar surface area (TPSA) is 46.5 Å². The minimum atomic E-state index is -0.939. The Balaban J connectivity index is 2.93. The second-order valence-corrected chi connectivity index (χ2v) is 3.24. The summed E-state index contributed by atoms with van der Waals surface area (Å²) in [4.78, 5) is 11.0. The average Bonchev–Trinajstić information content (AvgIpc) is 2.52. The molecule has 0 radical (unpaired) electrons. The van der Waals surface area contributed by atoms with E-state index in [0.717, 1.165) is 0 Å². The lowest BCUT2D eigenvalue weighted by atomic mass is 10.2. The van der Waals surface area contributed by atoms with Gasteiger partial charge in [0.25, 0.3) is 0 Å². The highest BCUT2D eigenvalue weighted by Gasteiger charge is 2.14. The van der Waals surface area contributed by atoms with E-state index in [1.807, 2.05) is 6.92 Å². The Bertz CT molecular complexity index is 327. The Kier molecular flexibility index (Phi) is 3.08. The van der Waals surface area contributed by atoms with E-state index in [1.54, 1.807) is 11.4 Å². The largest absolute Gasteiger partial charge is 0.494 e. The molecule has 1 heterocycles. The molecular weight excluding hydrogens is 188 g/mol. The first kappa shape index (κ1) is 9.80. The van der Waals surface area contributed by atoms with Gasteiger partial charge in [-0.15, -0.1) is 11.3 Å². The molecule has 0 atom stereocenters. The summed E-state index contributed by atoms with van der Waals surface area (Å²) in [7, 11) is 0. The van der Waals surface area contributed by atoms with Gasteiger partial charge in [-0.2, -0.15) is 0 Å². The number of carboxylic acids is 1. The van der Waals surface area contributed by atoms with Crippen molar-refractivity contribution in [3.05, 3.63) is 28.5 Å². The Labute approximate surface area is 80.3 Å². The monoisotopic (exact) mass is 198 g/mol. The number of aromatic carboxylic acids is 1. The fourth-order valence-electron chi connectivity index (χ4n) is 0.946. The van der Waals surface area contributed by atoms with Gasteiger partial charge in [-0.05, 0) is 18.4 Å². The van der Waals surface area contributed by atoms with Gasteiger partial charge in [0, 0.05) is 5.56 Å². The van der Waals surface area contributed by atoms with Crippen LogP contribution in [0.15, 0.2) is 18.0 Å². The van der Waals surface area contributed by atoms with E-state index in [2.05, 4.69) is 6.58 Å². The maximum atomic E-state index is 10.7. The SMILES string of the molecule is C=C(OCC)c1ccsc1C(=O)O. The zero-order valence-corrected chi connectivity index (χ0v) is 8.06. The van der Waals surface area contributed by atoms with Crippen molar-refractivity contribution in [1.29, 1.82) is 0 Å². The Morgan fingerprint density at radius 1 is 1.77 bits per heavy atom. The molecule has 0 fully saturated rings. The van der Waals surface area contributed by atoms with Crippen LogP contribution in [0.5, 0.6) is 0 Å². The highest BCUT2D eigenvalue weighted by Crippen LogP contribution is 2.23. The highest BCUT2D eigenvalue weighted by molar-refractivity contribution is 7.12. The van der Waals surface area contributed by atoms with E-state index in [-0.39, 0.29) is 4.88 Å². The van der Waals surface area contributed by atoms with Gasteiger partial charge in [-0.3, -0.25) is 0 Å². The molecule has 13 heavy (non-hydrogen) atoms.